The molecule has 39 heavy (non-hydrogen) atoms. The molecule has 3 N–H and O–H groups in total. The molecule has 6 heteroatoms. The van der Waals surface area contributed by atoms with Crippen molar-refractivity contribution >= 4 is 29.0 Å². The van der Waals surface area contributed by atoms with Gasteiger partial charge in [0.1, 0.15) is 11.5 Å². The average molecular weight is 548 g/mol. The molecule has 0 amide bonds. The summed E-state index contributed by atoms with van der Waals surface area (Å²) >= 11 is 0. The molecule has 1 aromatic heterocycles. The van der Waals surface area contributed by atoms with Gasteiger partial charge in [-0.3, -0.25) is 0 Å². The number of benzene rings is 3. The molecule has 0 radical (unpaired) electrons. The van der Waals surface area contributed by atoms with Crippen LogP contribution < -0.4 is 15.4 Å². The number of nitrogens with two attached hydrogens (primary N) is 1. The van der Waals surface area contributed by atoms with Crippen LogP contribution in [-0.2, 0) is 32.2 Å². The van der Waals surface area contributed by atoms with Crippen LogP contribution in [0.15, 0.2) is 66.7 Å². The second-order valence-electron chi connectivity index (χ2n) is 10.9. The summed E-state index contributed by atoms with van der Waals surface area (Å²) in [4.78, 5) is 2.14. The smallest absolute Gasteiger partial charge is 0.120 e. The Morgan fingerprint density at radius 2 is 1.64 bits per heavy atom. The van der Waals surface area contributed by atoms with Gasteiger partial charge in [0, 0.05) is 55.4 Å². The Labute approximate surface area is 239 Å². The second kappa shape index (κ2) is 13.3. The summed E-state index contributed by atoms with van der Waals surface area (Å²) in [6.07, 6.45) is 8.62. The highest BCUT2D eigenvalue weighted by atomic mass is 35.5. The van der Waals surface area contributed by atoms with Crippen molar-refractivity contribution < 1.29 is 9.84 Å². The van der Waals surface area contributed by atoms with Crippen LogP contribution >= 0.6 is 12.4 Å². The zero-order valence-electron chi connectivity index (χ0n) is 23.2. The van der Waals surface area contributed by atoms with Crippen molar-refractivity contribution in [1.29, 1.82) is 0 Å². The van der Waals surface area contributed by atoms with Crippen LogP contribution in [0, 0.1) is 0 Å². The highest BCUT2D eigenvalue weighted by Crippen LogP contribution is 2.34. The van der Waals surface area contributed by atoms with Crippen LogP contribution in [0.1, 0.15) is 48.1 Å². The first kappa shape index (κ1) is 28.8. The summed E-state index contributed by atoms with van der Waals surface area (Å²) in [6.45, 7) is 1.66. The van der Waals surface area contributed by atoms with E-state index in [0.717, 1.165) is 50.0 Å². The van der Waals surface area contributed by atoms with Crippen LogP contribution in [0.2, 0.25) is 0 Å². The molecule has 208 valence electrons. The Morgan fingerprint density at radius 1 is 0.923 bits per heavy atom. The number of aromatic hydroxyl groups is 1. The fourth-order valence-electron chi connectivity index (χ4n) is 5.69. The number of phenolic OH excluding ortho intramolecular Hbond substituents is 1. The lowest BCUT2D eigenvalue weighted by Gasteiger charge is -2.21. The highest BCUT2D eigenvalue weighted by molar-refractivity contribution is 5.87. The summed E-state index contributed by atoms with van der Waals surface area (Å²) in [5, 5.41) is 10.8. The highest BCUT2D eigenvalue weighted by Gasteiger charge is 2.23. The van der Waals surface area contributed by atoms with E-state index < -0.39 is 0 Å². The summed E-state index contributed by atoms with van der Waals surface area (Å²) < 4.78 is 8.70. The Kier molecular flexibility index (Phi) is 9.82. The Balaban J connectivity index is 0.00000353. The molecule has 1 aliphatic carbocycles. The van der Waals surface area contributed by atoms with E-state index in [1.54, 1.807) is 12.1 Å². The maximum absolute atomic E-state index is 9.49. The lowest BCUT2D eigenvalue weighted by molar-refractivity contribution is 0.322. The SMILES string of the molecule is CN(C)c1ccc(CCCCCn2c3c(c4cc(OCCc5ccc(O)cc5)ccc42)CC(N)CC3)cc1.Cl. The van der Waals surface area contributed by atoms with Crippen LogP contribution in [0.4, 0.5) is 5.69 Å². The molecule has 5 rings (SSSR count). The van der Waals surface area contributed by atoms with Gasteiger partial charge in [0.2, 0.25) is 0 Å². The zero-order valence-corrected chi connectivity index (χ0v) is 24.1. The van der Waals surface area contributed by atoms with Gasteiger partial charge in [-0.2, -0.15) is 0 Å². The van der Waals surface area contributed by atoms with Gasteiger partial charge in [-0.1, -0.05) is 30.7 Å². The topological polar surface area (TPSA) is 63.6 Å². The fourth-order valence-corrected chi connectivity index (χ4v) is 5.69. The number of halogens is 1. The van der Waals surface area contributed by atoms with E-state index >= 15 is 0 Å². The summed E-state index contributed by atoms with van der Waals surface area (Å²) in [7, 11) is 4.17. The molecule has 0 spiro atoms. The van der Waals surface area contributed by atoms with E-state index in [1.165, 1.54) is 52.7 Å². The molecule has 0 aliphatic heterocycles. The molecular formula is C33H42ClN3O2. The predicted octanol–water partition coefficient (Wildman–Crippen LogP) is 6.69. The third-order valence-electron chi connectivity index (χ3n) is 7.87. The van der Waals surface area contributed by atoms with Gasteiger partial charge in [0.05, 0.1) is 6.61 Å². The van der Waals surface area contributed by atoms with E-state index in [0.29, 0.717) is 12.4 Å². The number of hydrogen-bond acceptors (Lipinski definition) is 4. The van der Waals surface area contributed by atoms with Crippen LogP contribution in [-0.4, -0.2) is 36.4 Å². The first-order valence-electron chi connectivity index (χ1n) is 14.0. The van der Waals surface area contributed by atoms with E-state index in [1.807, 2.05) is 12.1 Å². The second-order valence-corrected chi connectivity index (χ2v) is 10.9. The number of ether oxygens (including phenoxy) is 1. The number of aromatic nitrogens is 1. The van der Waals surface area contributed by atoms with Crippen molar-refractivity contribution in [2.45, 2.75) is 64.0 Å². The van der Waals surface area contributed by atoms with Gasteiger partial charge in [-0.25, -0.2) is 0 Å². The van der Waals surface area contributed by atoms with Gasteiger partial charge in [0.25, 0.3) is 0 Å². The molecule has 1 unspecified atom stereocenters. The van der Waals surface area contributed by atoms with Gasteiger partial charge in [0.15, 0.2) is 0 Å². The van der Waals surface area contributed by atoms with Gasteiger partial charge in [-0.05, 0) is 97.7 Å². The van der Waals surface area contributed by atoms with Crippen LogP contribution in [0.3, 0.4) is 0 Å². The number of unbranched alkanes of at least 4 members (excludes halogenated alkanes) is 2. The molecule has 1 heterocycles. The summed E-state index contributed by atoms with van der Waals surface area (Å²) in [5.74, 6) is 1.21. The van der Waals surface area contributed by atoms with Gasteiger partial charge < -0.3 is 25.0 Å². The lowest BCUT2D eigenvalue weighted by atomic mass is 9.92. The minimum absolute atomic E-state index is 0. The molecular weight excluding hydrogens is 506 g/mol. The number of fused-ring (bicyclic) bond motifs is 3. The van der Waals surface area contributed by atoms with E-state index in [-0.39, 0.29) is 18.4 Å². The minimum atomic E-state index is 0. The third kappa shape index (κ3) is 7.09. The monoisotopic (exact) mass is 547 g/mol. The van der Waals surface area contributed by atoms with Gasteiger partial charge >= 0.3 is 0 Å². The lowest BCUT2D eigenvalue weighted by Crippen LogP contribution is -2.28. The maximum atomic E-state index is 9.49. The molecule has 3 aromatic carbocycles. The van der Waals surface area contributed by atoms with Crippen molar-refractivity contribution in [2.24, 2.45) is 5.73 Å². The molecule has 4 aromatic rings. The van der Waals surface area contributed by atoms with Crippen molar-refractivity contribution in [3.8, 4) is 11.5 Å². The van der Waals surface area contributed by atoms with E-state index in [2.05, 4.69) is 66.0 Å². The van der Waals surface area contributed by atoms with Gasteiger partial charge in [-0.15, -0.1) is 12.4 Å². The van der Waals surface area contributed by atoms with E-state index in [4.69, 9.17) is 10.5 Å². The van der Waals surface area contributed by atoms with Crippen LogP contribution in [0.5, 0.6) is 11.5 Å². The molecule has 0 fully saturated rings. The quantitative estimate of drug-likeness (QED) is 0.205. The summed E-state index contributed by atoms with van der Waals surface area (Å²) in [5.41, 5.74) is 14.4. The number of aryl methyl sites for hydroxylation is 2. The number of hydrogen-bond donors (Lipinski definition) is 2. The van der Waals surface area contributed by atoms with Crippen molar-refractivity contribution in [1.82, 2.24) is 4.57 Å². The number of rotatable bonds is 11. The molecule has 0 bridgehead atoms. The number of phenols is 1. The third-order valence-corrected chi connectivity index (χ3v) is 7.87. The normalized spacial score (nSPS) is 14.6. The predicted molar refractivity (Wildman–Crippen MR) is 165 cm³/mol. The summed E-state index contributed by atoms with van der Waals surface area (Å²) in [6, 6.07) is 23.1. The van der Waals surface area contributed by atoms with Crippen molar-refractivity contribution in [2.75, 3.05) is 25.6 Å². The first-order valence-corrected chi connectivity index (χ1v) is 14.0. The minimum Gasteiger partial charge on any atom is -0.508 e. The molecule has 0 saturated carbocycles. The maximum Gasteiger partial charge on any atom is 0.120 e. The average Bonchev–Trinajstić information content (AvgIpc) is 3.22. The molecule has 1 aliphatic rings. The molecule has 5 nitrogen and oxygen atoms in total. The van der Waals surface area contributed by atoms with Crippen molar-refractivity contribution in [3.63, 3.8) is 0 Å². The Bertz CT molecular complexity index is 1350. The number of anilines is 1. The largest absolute Gasteiger partial charge is 0.508 e. The first-order chi connectivity index (χ1) is 18.5. The number of nitrogens with zero attached hydrogens (tertiary/aromatic N) is 2. The molecule has 1 atom stereocenters. The van der Waals surface area contributed by atoms with Crippen LogP contribution in [0.25, 0.3) is 10.9 Å². The molecule has 0 saturated heterocycles. The Morgan fingerprint density at radius 3 is 2.38 bits per heavy atom. The zero-order chi connectivity index (χ0) is 26.5. The van der Waals surface area contributed by atoms with Crippen molar-refractivity contribution in [3.05, 3.63) is 89.1 Å². The standard InChI is InChI=1S/C33H41N3O2.ClH/c1-35(2)27-12-7-24(8-13-27)6-4-3-5-20-36-32-17-11-26(34)22-30(32)31-23-29(16-18-33(31)36)38-21-19-25-9-14-28(37)15-10-25;/h7-10,12-16,18,23,26,37H,3-6,11,17,19-22,34H2,1-2H3;1H. The Hall–Kier alpha value is -3.15. The fraction of sp³-hybridized carbons (Fsp3) is 0.394. The van der Waals surface area contributed by atoms with E-state index in [9.17, 15) is 5.11 Å².